The van der Waals surface area contributed by atoms with Gasteiger partial charge in [-0.3, -0.25) is 4.79 Å². The molecule has 1 heterocycles. The van der Waals surface area contributed by atoms with Gasteiger partial charge in [0.2, 0.25) is 0 Å². The minimum Gasteiger partial charge on any atom is -0.459 e. The van der Waals surface area contributed by atoms with E-state index in [9.17, 15) is 14.4 Å². The lowest BCUT2D eigenvalue weighted by atomic mass is 10.0. The van der Waals surface area contributed by atoms with Crippen LogP contribution in [0.5, 0.6) is 0 Å². The number of halogens is 1. The summed E-state index contributed by atoms with van der Waals surface area (Å²) in [6.45, 7) is -0.0859. The van der Waals surface area contributed by atoms with Crippen LogP contribution in [-0.2, 0) is 29.0 Å². The van der Waals surface area contributed by atoms with E-state index in [1.165, 1.54) is 17.2 Å². The smallest absolute Gasteiger partial charge is 0.336 e. The molecule has 1 aliphatic carbocycles. The number of carbonyl (C=O) groups is 2. The summed E-state index contributed by atoms with van der Waals surface area (Å²) >= 11 is 7.68. The Morgan fingerprint density at radius 2 is 1.94 bits per heavy atom. The molecule has 4 rings (SSSR count). The van der Waals surface area contributed by atoms with Crippen molar-refractivity contribution in [2.45, 2.75) is 38.3 Å². The van der Waals surface area contributed by atoms with Gasteiger partial charge >= 0.3 is 11.6 Å². The summed E-state index contributed by atoms with van der Waals surface area (Å²) in [5.41, 5.74) is 3.32. The normalized spacial score (nSPS) is 13.5. The largest absolute Gasteiger partial charge is 0.459 e. The molecule has 6 nitrogen and oxygen atoms in total. The number of nitrogens with one attached hydrogen (secondary N) is 1. The molecule has 1 N–H and O–H groups in total. The van der Waals surface area contributed by atoms with E-state index in [0.717, 1.165) is 24.6 Å². The zero-order chi connectivity index (χ0) is 23.4. The molecule has 172 valence electrons. The van der Waals surface area contributed by atoms with Crippen LogP contribution in [0.1, 0.15) is 39.9 Å². The molecule has 0 radical (unpaired) electrons. The number of ether oxygens (including phenoxy) is 1. The summed E-state index contributed by atoms with van der Waals surface area (Å²) in [6, 6.07) is 11.1. The van der Waals surface area contributed by atoms with E-state index in [2.05, 4.69) is 5.32 Å². The van der Waals surface area contributed by atoms with Crippen molar-refractivity contribution in [1.82, 2.24) is 5.32 Å². The second kappa shape index (κ2) is 10.4. The van der Waals surface area contributed by atoms with E-state index in [1.54, 1.807) is 36.0 Å². The molecule has 0 saturated heterocycles. The summed E-state index contributed by atoms with van der Waals surface area (Å²) in [5.74, 6) is -0.343. The molecule has 0 aliphatic heterocycles. The Morgan fingerprint density at radius 3 is 2.70 bits per heavy atom. The van der Waals surface area contributed by atoms with Gasteiger partial charge in [-0.15, -0.1) is 0 Å². The molecule has 0 unspecified atom stereocenters. The van der Waals surface area contributed by atoms with Crippen LogP contribution in [0.15, 0.2) is 51.7 Å². The van der Waals surface area contributed by atoms with Gasteiger partial charge < -0.3 is 14.5 Å². The number of hydrogen-bond acceptors (Lipinski definition) is 6. The standard InChI is InChI=1S/C25H24ClNO5S/c1-33-10-9-21(27-24(29)18-7-2-3-8-20(18)26)25(30)31-14-17-13-23(28)32-22-12-16-6-4-5-15(16)11-19(17)22/h2-3,7-8,11-13,21H,4-6,9-10,14H2,1H3,(H,27,29)/t21-/m1/s1. The summed E-state index contributed by atoms with van der Waals surface area (Å²) in [6.07, 6.45) is 5.35. The maximum Gasteiger partial charge on any atom is 0.336 e. The van der Waals surface area contributed by atoms with Crippen LogP contribution in [0.3, 0.4) is 0 Å². The number of esters is 1. The van der Waals surface area contributed by atoms with E-state index >= 15 is 0 Å². The monoisotopic (exact) mass is 485 g/mol. The Balaban J connectivity index is 1.51. The Hall–Kier alpha value is -2.77. The first-order chi connectivity index (χ1) is 16.0. The minimum absolute atomic E-state index is 0.0859. The number of amides is 1. The van der Waals surface area contributed by atoms with Crippen molar-refractivity contribution in [3.63, 3.8) is 0 Å². The molecule has 2 aromatic carbocycles. The first-order valence-corrected chi connectivity index (χ1v) is 12.5. The Kier molecular flexibility index (Phi) is 7.40. The van der Waals surface area contributed by atoms with Gasteiger partial charge in [-0.05, 0) is 73.1 Å². The van der Waals surface area contributed by atoms with Crippen LogP contribution in [0.4, 0.5) is 0 Å². The lowest BCUT2D eigenvalue weighted by Crippen LogP contribution is -2.42. The van der Waals surface area contributed by atoms with E-state index in [-0.39, 0.29) is 6.61 Å². The van der Waals surface area contributed by atoms with Crippen LogP contribution < -0.4 is 10.9 Å². The third-order valence-electron chi connectivity index (χ3n) is 5.73. The van der Waals surface area contributed by atoms with Crippen molar-refractivity contribution < 1.29 is 18.7 Å². The number of aryl methyl sites for hydroxylation is 2. The average molecular weight is 486 g/mol. The predicted molar refractivity (Wildman–Crippen MR) is 130 cm³/mol. The van der Waals surface area contributed by atoms with Gasteiger partial charge in [-0.25, -0.2) is 9.59 Å². The molecule has 1 amide bonds. The lowest BCUT2D eigenvalue weighted by molar-refractivity contribution is -0.147. The number of carbonyl (C=O) groups excluding carboxylic acids is 2. The van der Waals surface area contributed by atoms with Gasteiger partial charge in [0.1, 0.15) is 18.2 Å². The van der Waals surface area contributed by atoms with Crippen molar-refractivity contribution in [2.75, 3.05) is 12.0 Å². The maximum atomic E-state index is 12.9. The van der Waals surface area contributed by atoms with E-state index in [4.69, 9.17) is 20.8 Å². The SMILES string of the molecule is CSCC[C@@H](NC(=O)c1ccccc1Cl)C(=O)OCc1cc(=O)oc2cc3c(cc12)CCC3. The fraction of sp³-hybridized carbons (Fsp3) is 0.320. The first kappa shape index (κ1) is 23.4. The Labute approximate surface area is 200 Å². The van der Waals surface area contributed by atoms with Crippen LogP contribution >= 0.6 is 23.4 Å². The summed E-state index contributed by atoms with van der Waals surface area (Å²) in [4.78, 5) is 37.7. The Morgan fingerprint density at radius 1 is 1.18 bits per heavy atom. The van der Waals surface area contributed by atoms with Gasteiger partial charge in [0, 0.05) is 17.0 Å². The van der Waals surface area contributed by atoms with Crippen molar-refractivity contribution in [2.24, 2.45) is 0 Å². The second-order valence-corrected chi connectivity index (χ2v) is 9.35. The number of fused-ring (bicyclic) bond motifs is 2. The zero-order valence-corrected chi connectivity index (χ0v) is 19.8. The zero-order valence-electron chi connectivity index (χ0n) is 18.2. The molecule has 8 heteroatoms. The molecular weight excluding hydrogens is 462 g/mol. The minimum atomic E-state index is -0.836. The summed E-state index contributed by atoms with van der Waals surface area (Å²) in [5, 5.41) is 3.81. The number of hydrogen-bond donors (Lipinski definition) is 1. The third kappa shape index (κ3) is 5.42. The third-order valence-corrected chi connectivity index (χ3v) is 6.71. The van der Waals surface area contributed by atoms with Crippen molar-refractivity contribution in [1.29, 1.82) is 0 Å². The Bertz CT molecular complexity index is 1260. The fourth-order valence-corrected chi connectivity index (χ4v) is 4.72. The molecule has 0 fully saturated rings. The quantitative estimate of drug-likeness (QED) is 0.372. The highest BCUT2D eigenvalue weighted by Gasteiger charge is 2.24. The highest BCUT2D eigenvalue weighted by atomic mass is 35.5. The maximum absolute atomic E-state index is 12.9. The van der Waals surface area contributed by atoms with Crippen molar-refractivity contribution >= 4 is 46.2 Å². The van der Waals surface area contributed by atoms with Crippen LogP contribution in [0, 0.1) is 0 Å². The molecule has 1 aromatic heterocycles. The topological polar surface area (TPSA) is 85.6 Å². The molecular formula is C25H24ClNO5S. The lowest BCUT2D eigenvalue weighted by Gasteiger charge is -2.18. The van der Waals surface area contributed by atoms with Gasteiger partial charge in [-0.1, -0.05) is 23.7 Å². The highest BCUT2D eigenvalue weighted by molar-refractivity contribution is 7.98. The van der Waals surface area contributed by atoms with Crippen LogP contribution in [-0.4, -0.2) is 29.9 Å². The molecule has 0 spiro atoms. The molecule has 3 aromatic rings. The number of thioether (sulfide) groups is 1. The van der Waals surface area contributed by atoms with Gasteiger partial charge in [0.15, 0.2) is 0 Å². The number of rotatable bonds is 8. The van der Waals surface area contributed by atoms with Crippen LogP contribution in [0.25, 0.3) is 11.0 Å². The fourth-order valence-electron chi connectivity index (χ4n) is 4.03. The molecule has 1 aliphatic rings. The summed E-state index contributed by atoms with van der Waals surface area (Å²) in [7, 11) is 0. The van der Waals surface area contributed by atoms with Crippen molar-refractivity contribution in [3.05, 3.63) is 80.2 Å². The van der Waals surface area contributed by atoms with E-state index in [0.29, 0.717) is 33.9 Å². The first-order valence-electron chi connectivity index (χ1n) is 10.8. The molecule has 1 atom stereocenters. The van der Waals surface area contributed by atoms with E-state index in [1.807, 2.05) is 18.4 Å². The van der Waals surface area contributed by atoms with Gasteiger partial charge in [0.05, 0.1) is 10.6 Å². The van der Waals surface area contributed by atoms with Gasteiger partial charge in [-0.2, -0.15) is 11.8 Å². The molecule has 0 saturated carbocycles. The second-order valence-electron chi connectivity index (χ2n) is 7.96. The average Bonchev–Trinajstić information content (AvgIpc) is 3.26. The summed E-state index contributed by atoms with van der Waals surface area (Å²) < 4.78 is 10.9. The molecule has 33 heavy (non-hydrogen) atoms. The predicted octanol–water partition coefficient (Wildman–Crippen LogP) is 4.53. The van der Waals surface area contributed by atoms with Gasteiger partial charge in [0.25, 0.3) is 5.91 Å². The van der Waals surface area contributed by atoms with Crippen LogP contribution in [0.2, 0.25) is 5.02 Å². The van der Waals surface area contributed by atoms with E-state index < -0.39 is 23.5 Å². The van der Waals surface area contributed by atoms with Crippen molar-refractivity contribution in [3.8, 4) is 0 Å². The number of benzene rings is 2. The highest BCUT2D eigenvalue weighted by Crippen LogP contribution is 2.29. The molecule has 0 bridgehead atoms.